The van der Waals surface area contributed by atoms with Gasteiger partial charge in [0.05, 0.1) is 13.2 Å². The summed E-state index contributed by atoms with van der Waals surface area (Å²) in [5.41, 5.74) is 0. The van der Waals surface area contributed by atoms with Crippen molar-refractivity contribution in [2.45, 2.75) is 31.7 Å². The Bertz CT molecular complexity index is 363. The molecule has 1 saturated carbocycles. The van der Waals surface area contributed by atoms with Crippen LogP contribution in [0.1, 0.15) is 25.7 Å². The topological polar surface area (TPSA) is 90.0 Å². The van der Waals surface area contributed by atoms with Gasteiger partial charge in [0.1, 0.15) is 6.54 Å². The molecule has 1 saturated heterocycles. The summed E-state index contributed by atoms with van der Waals surface area (Å²) in [6.45, 7) is -0.133. The largest absolute Gasteiger partial charge is 0.395 e. The maximum atomic E-state index is 12.2. The minimum atomic E-state index is -0.520. The van der Waals surface area contributed by atoms with Crippen molar-refractivity contribution in [2.24, 2.45) is 0 Å². The summed E-state index contributed by atoms with van der Waals surface area (Å²) in [6.07, 6.45) is 3.99. The Morgan fingerprint density at radius 3 is 2.58 bits per heavy atom. The molecule has 2 aliphatic rings. The number of nitrogens with one attached hydrogen (secondary N) is 1. The van der Waals surface area contributed by atoms with E-state index in [4.69, 9.17) is 5.11 Å². The van der Waals surface area contributed by atoms with Crippen molar-refractivity contribution in [1.82, 2.24) is 15.1 Å². The summed E-state index contributed by atoms with van der Waals surface area (Å²) in [5, 5.41) is 11.4. The lowest BCUT2D eigenvalue weighted by Crippen LogP contribution is -2.47. The molecule has 0 unspecified atom stereocenters. The van der Waals surface area contributed by atoms with Gasteiger partial charge in [-0.2, -0.15) is 0 Å². The Morgan fingerprint density at radius 1 is 1.37 bits per heavy atom. The molecule has 0 aromatic heterocycles. The van der Waals surface area contributed by atoms with Crippen LogP contribution in [0.15, 0.2) is 0 Å². The molecule has 0 atom stereocenters. The normalized spacial score (nSPS) is 19.9. The molecule has 1 aliphatic carbocycles. The van der Waals surface area contributed by atoms with Gasteiger partial charge in [0.25, 0.3) is 5.91 Å². The van der Waals surface area contributed by atoms with Gasteiger partial charge < -0.3 is 15.3 Å². The van der Waals surface area contributed by atoms with Gasteiger partial charge in [0.2, 0.25) is 5.91 Å². The van der Waals surface area contributed by atoms with E-state index in [0.29, 0.717) is 0 Å². The first-order valence-corrected chi connectivity index (χ1v) is 6.62. The zero-order valence-electron chi connectivity index (χ0n) is 10.8. The molecule has 19 heavy (non-hydrogen) atoms. The smallest absolute Gasteiger partial charge is 0.325 e. The number of amides is 4. The Balaban J connectivity index is 1.98. The zero-order valence-corrected chi connectivity index (χ0v) is 10.8. The summed E-state index contributed by atoms with van der Waals surface area (Å²) >= 11 is 0. The summed E-state index contributed by atoms with van der Waals surface area (Å²) in [7, 11) is 0. The molecule has 1 heterocycles. The second kappa shape index (κ2) is 6.01. The van der Waals surface area contributed by atoms with Crippen LogP contribution in [-0.4, -0.2) is 65.0 Å². The molecule has 0 bridgehead atoms. The van der Waals surface area contributed by atoms with E-state index in [1.165, 1.54) is 0 Å². The highest BCUT2D eigenvalue weighted by atomic mass is 16.3. The SMILES string of the molecule is O=C1CNC(=O)N1CC(=O)N(CCO)C1CCCC1. The second-order valence-electron chi connectivity index (χ2n) is 4.89. The van der Waals surface area contributed by atoms with Crippen molar-refractivity contribution in [3.63, 3.8) is 0 Å². The minimum absolute atomic E-state index is 0.0461. The monoisotopic (exact) mass is 269 g/mol. The number of rotatable bonds is 5. The summed E-state index contributed by atoms with van der Waals surface area (Å²) in [4.78, 5) is 37.6. The first-order valence-electron chi connectivity index (χ1n) is 6.62. The maximum absolute atomic E-state index is 12.2. The Labute approximate surface area is 111 Å². The number of imide groups is 1. The molecular weight excluding hydrogens is 250 g/mol. The van der Waals surface area contributed by atoms with Crippen LogP contribution in [-0.2, 0) is 9.59 Å². The number of hydrogen-bond acceptors (Lipinski definition) is 4. The van der Waals surface area contributed by atoms with Crippen molar-refractivity contribution in [2.75, 3.05) is 26.2 Å². The molecule has 2 fully saturated rings. The van der Waals surface area contributed by atoms with E-state index in [2.05, 4.69) is 5.32 Å². The van der Waals surface area contributed by atoms with Gasteiger partial charge in [-0.1, -0.05) is 12.8 Å². The van der Waals surface area contributed by atoms with Crippen LogP contribution in [0.4, 0.5) is 4.79 Å². The lowest BCUT2D eigenvalue weighted by Gasteiger charge is -2.29. The van der Waals surface area contributed by atoms with E-state index >= 15 is 0 Å². The number of carbonyl (C=O) groups excluding carboxylic acids is 3. The molecule has 0 spiro atoms. The molecule has 106 valence electrons. The van der Waals surface area contributed by atoms with E-state index < -0.39 is 6.03 Å². The molecule has 4 amide bonds. The third kappa shape index (κ3) is 3.04. The second-order valence-corrected chi connectivity index (χ2v) is 4.89. The highest BCUT2D eigenvalue weighted by Crippen LogP contribution is 2.23. The molecule has 0 aromatic rings. The van der Waals surface area contributed by atoms with E-state index in [1.54, 1.807) is 4.90 Å². The standard InChI is InChI=1S/C12H19N3O4/c16-6-5-14(9-3-1-2-4-9)11(18)8-15-10(17)7-13-12(15)19/h9,16H,1-8H2,(H,13,19). The maximum Gasteiger partial charge on any atom is 0.325 e. The molecule has 0 aromatic carbocycles. The van der Waals surface area contributed by atoms with Crippen LogP contribution < -0.4 is 5.32 Å². The number of aliphatic hydroxyl groups excluding tert-OH is 1. The third-order valence-corrected chi connectivity index (χ3v) is 3.66. The van der Waals surface area contributed by atoms with Gasteiger partial charge >= 0.3 is 6.03 Å². The lowest BCUT2D eigenvalue weighted by molar-refractivity contribution is -0.138. The van der Waals surface area contributed by atoms with Crippen LogP contribution in [0, 0.1) is 0 Å². The molecule has 7 nitrogen and oxygen atoms in total. The van der Waals surface area contributed by atoms with E-state index in [9.17, 15) is 14.4 Å². The van der Waals surface area contributed by atoms with Crippen LogP contribution >= 0.6 is 0 Å². The van der Waals surface area contributed by atoms with Crippen molar-refractivity contribution in [3.8, 4) is 0 Å². The number of aliphatic hydroxyl groups is 1. The number of carbonyl (C=O) groups is 3. The highest BCUT2D eigenvalue weighted by molar-refractivity contribution is 6.04. The van der Waals surface area contributed by atoms with E-state index in [1.807, 2.05) is 0 Å². The predicted molar refractivity (Wildman–Crippen MR) is 66.2 cm³/mol. The first-order chi connectivity index (χ1) is 9.13. The quantitative estimate of drug-likeness (QED) is 0.646. The predicted octanol–water partition coefficient (Wildman–Crippen LogP) is -0.698. The summed E-state index contributed by atoms with van der Waals surface area (Å²) in [5.74, 6) is -0.653. The van der Waals surface area contributed by atoms with Crippen LogP contribution in [0.5, 0.6) is 0 Å². The Morgan fingerprint density at radius 2 is 2.05 bits per heavy atom. The van der Waals surface area contributed by atoms with Gasteiger partial charge in [0.15, 0.2) is 0 Å². The molecule has 7 heteroatoms. The zero-order chi connectivity index (χ0) is 13.8. The number of hydrogen-bond donors (Lipinski definition) is 2. The van der Waals surface area contributed by atoms with Crippen molar-refractivity contribution in [3.05, 3.63) is 0 Å². The Hall–Kier alpha value is -1.63. The van der Waals surface area contributed by atoms with Gasteiger partial charge in [-0.3, -0.25) is 14.5 Å². The summed E-state index contributed by atoms with van der Waals surface area (Å²) < 4.78 is 0. The highest BCUT2D eigenvalue weighted by Gasteiger charge is 2.33. The average Bonchev–Trinajstić information content (AvgIpc) is 3.01. The Kier molecular flexibility index (Phi) is 4.36. The van der Waals surface area contributed by atoms with Gasteiger partial charge in [0, 0.05) is 12.6 Å². The molecular formula is C12H19N3O4. The third-order valence-electron chi connectivity index (χ3n) is 3.66. The fourth-order valence-corrected chi connectivity index (χ4v) is 2.68. The lowest BCUT2D eigenvalue weighted by atomic mass is 10.2. The van der Waals surface area contributed by atoms with Crippen molar-refractivity contribution < 1.29 is 19.5 Å². The van der Waals surface area contributed by atoms with Gasteiger partial charge in [-0.25, -0.2) is 4.79 Å². The van der Waals surface area contributed by atoms with Crippen LogP contribution in [0.3, 0.4) is 0 Å². The molecule has 2 rings (SSSR count). The first kappa shape index (κ1) is 13.8. The van der Waals surface area contributed by atoms with Crippen molar-refractivity contribution in [1.29, 1.82) is 0 Å². The molecule has 1 aliphatic heterocycles. The fourth-order valence-electron chi connectivity index (χ4n) is 2.68. The van der Waals surface area contributed by atoms with E-state index in [-0.39, 0.29) is 44.1 Å². The molecule has 0 radical (unpaired) electrons. The van der Waals surface area contributed by atoms with E-state index in [0.717, 1.165) is 30.6 Å². The number of nitrogens with zero attached hydrogens (tertiary/aromatic N) is 2. The number of urea groups is 1. The van der Waals surface area contributed by atoms with Gasteiger partial charge in [-0.05, 0) is 12.8 Å². The average molecular weight is 269 g/mol. The van der Waals surface area contributed by atoms with Crippen molar-refractivity contribution >= 4 is 17.8 Å². The van der Waals surface area contributed by atoms with Crippen LogP contribution in [0.2, 0.25) is 0 Å². The fraction of sp³-hybridized carbons (Fsp3) is 0.750. The minimum Gasteiger partial charge on any atom is -0.395 e. The molecule has 2 N–H and O–H groups in total. The summed E-state index contributed by atoms with van der Waals surface area (Å²) in [6, 6.07) is -0.394. The van der Waals surface area contributed by atoms with Gasteiger partial charge in [-0.15, -0.1) is 0 Å². The van der Waals surface area contributed by atoms with Crippen LogP contribution in [0.25, 0.3) is 0 Å².